The Bertz CT molecular complexity index is 575. The highest BCUT2D eigenvalue weighted by atomic mass is 35.5. The summed E-state index contributed by atoms with van der Waals surface area (Å²) >= 11 is 6.04. The number of halogens is 1. The Morgan fingerprint density at radius 3 is 1.92 bits per heavy atom. The van der Waals surface area contributed by atoms with E-state index in [-0.39, 0.29) is 0 Å². The highest BCUT2D eigenvalue weighted by Gasteiger charge is 2.24. The van der Waals surface area contributed by atoms with Crippen LogP contribution in [0, 0.1) is 6.92 Å². The number of aryl methyl sites for hydroxylation is 1. The molecule has 0 aromatic heterocycles. The quantitative estimate of drug-likeness (QED) is 0.434. The van der Waals surface area contributed by atoms with E-state index in [9.17, 15) is 8.42 Å². The summed E-state index contributed by atoms with van der Waals surface area (Å²) < 4.78 is 27.7. The van der Waals surface area contributed by atoms with Crippen LogP contribution in [-0.4, -0.2) is 25.8 Å². The van der Waals surface area contributed by atoms with Gasteiger partial charge in [-0.25, -0.2) is 8.42 Å². The van der Waals surface area contributed by atoms with Crippen molar-refractivity contribution in [3.8, 4) is 0 Å². The average molecular weight is 374 g/mol. The topological polar surface area (TPSA) is 37.4 Å². The van der Waals surface area contributed by atoms with Crippen LogP contribution in [-0.2, 0) is 10.0 Å². The number of hydrogen-bond acceptors (Lipinski definition) is 2. The van der Waals surface area contributed by atoms with E-state index in [0.717, 1.165) is 56.9 Å². The lowest BCUT2D eigenvalue weighted by molar-refractivity contribution is 0.385. The second kappa shape index (κ2) is 11.1. The molecule has 138 valence electrons. The first kappa shape index (κ1) is 21.5. The molecule has 1 aromatic carbocycles. The van der Waals surface area contributed by atoms with Gasteiger partial charge in [0.1, 0.15) is 0 Å². The van der Waals surface area contributed by atoms with Crippen LogP contribution in [0.1, 0.15) is 70.8 Å². The summed E-state index contributed by atoms with van der Waals surface area (Å²) in [5.41, 5.74) is 0.801. The minimum Gasteiger partial charge on any atom is -0.207 e. The van der Waals surface area contributed by atoms with Crippen molar-refractivity contribution in [2.45, 2.75) is 77.0 Å². The van der Waals surface area contributed by atoms with Gasteiger partial charge in [-0.3, -0.25) is 0 Å². The summed E-state index contributed by atoms with van der Waals surface area (Å²) in [6.45, 7) is 7.38. The summed E-state index contributed by atoms with van der Waals surface area (Å²) in [6.07, 6.45) is 8.63. The standard InChI is InChI=1S/C19H32ClNO2S/c1-4-6-8-10-14-21(15-11-9-7-5-2)24(22,23)18-12-13-19(20)17(3)16-18/h12-13,16H,4-11,14-15H2,1-3H3. The molecule has 0 N–H and O–H groups in total. The van der Waals surface area contributed by atoms with E-state index >= 15 is 0 Å². The van der Waals surface area contributed by atoms with Crippen LogP contribution in [0.15, 0.2) is 23.1 Å². The molecule has 0 aliphatic rings. The van der Waals surface area contributed by atoms with Gasteiger partial charge in [0.2, 0.25) is 10.0 Å². The third kappa shape index (κ3) is 6.73. The summed E-state index contributed by atoms with van der Waals surface area (Å²) in [5, 5.41) is 0.603. The van der Waals surface area contributed by atoms with Gasteiger partial charge in [0.15, 0.2) is 0 Å². The van der Waals surface area contributed by atoms with Crippen molar-refractivity contribution in [1.82, 2.24) is 4.31 Å². The first-order valence-electron chi connectivity index (χ1n) is 9.19. The normalized spacial score (nSPS) is 12.0. The zero-order chi connectivity index (χ0) is 18.0. The second-order valence-corrected chi connectivity index (χ2v) is 8.78. The van der Waals surface area contributed by atoms with E-state index in [1.54, 1.807) is 22.5 Å². The molecule has 24 heavy (non-hydrogen) atoms. The van der Waals surface area contributed by atoms with E-state index in [4.69, 9.17) is 11.6 Å². The van der Waals surface area contributed by atoms with Crippen LogP contribution in [0.3, 0.4) is 0 Å². The number of hydrogen-bond donors (Lipinski definition) is 0. The Labute approximate surface area is 153 Å². The van der Waals surface area contributed by atoms with Crippen LogP contribution in [0.2, 0.25) is 5.02 Å². The Kier molecular flexibility index (Phi) is 9.94. The van der Waals surface area contributed by atoms with E-state index in [2.05, 4.69) is 13.8 Å². The maximum absolute atomic E-state index is 13.0. The van der Waals surface area contributed by atoms with Gasteiger partial charge in [-0.1, -0.05) is 64.0 Å². The van der Waals surface area contributed by atoms with Gasteiger partial charge >= 0.3 is 0 Å². The van der Waals surface area contributed by atoms with Crippen molar-refractivity contribution in [3.05, 3.63) is 28.8 Å². The lowest BCUT2D eigenvalue weighted by atomic mass is 10.2. The van der Waals surface area contributed by atoms with Gasteiger partial charge in [-0.2, -0.15) is 4.31 Å². The van der Waals surface area contributed by atoms with Crippen molar-refractivity contribution in [3.63, 3.8) is 0 Å². The molecule has 1 rings (SSSR count). The first-order chi connectivity index (χ1) is 11.4. The molecule has 1 aromatic rings. The van der Waals surface area contributed by atoms with Crippen LogP contribution < -0.4 is 0 Å². The molecular formula is C19H32ClNO2S. The van der Waals surface area contributed by atoms with Gasteiger partial charge in [-0.05, 0) is 43.5 Å². The monoisotopic (exact) mass is 373 g/mol. The van der Waals surface area contributed by atoms with Crippen molar-refractivity contribution in [2.75, 3.05) is 13.1 Å². The number of sulfonamides is 1. The summed E-state index contributed by atoms with van der Waals surface area (Å²) in [4.78, 5) is 0.357. The van der Waals surface area contributed by atoms with Crippen LogP contribution >= 0.6 is 11.6 Å². The van der Waals surface area contributed by atoms with E-state index in [0.29, 0.717) is 23.0 Å². The third-order valence-corrected chi connectivity index (χ3v) is 6.61. The maximum atomic E-state index is 13.0. The predicted molar refractivity (Wildman–Crippen MR) is 103 cm³/mol. The van der Waals surface area contributed by atoms with Gasteiger partial charge in [-0.15, -0.1) is 0 Å². The molecule has 0 amide bonds. The van der Waals surface area contributed by atoms with E-state index in [1.165, 1.54) is 0 Å². The molecule has 0 atom stereocenters. The lowest BCUT2D eigenvalue weighted by Gasteiger charge is -2.22. The number of unbranched alkanes of at least 4 members (excludes halogenated alkanes) is 6. The summed E-state index contributed by atoms with van der Waals surface area (Å²) in [7, 11) is -3.44. The van der Waals surface area contributed by atoms with Crippen molar-refractivity contribution in [2.24, 2.45) is 0 Å². The molecule has 0 bridgehead atoms. The molecule has 0 heterocycles. The molecule has 0 saturated carbocycles. The fraction of sp³-hybridized carbons (Fsp3) is 0.684. The minimum absolute atomic E-state index is 0.357. The fourth-order valence-corrected chi connectivity index (χ4v) is 4.43. The zero-order valence-corrected chi connectivity index (χ0v) is 16.9. The van der Waals surface area contributed by atoms with Crippen LogP contribution in [0.4, 0.5) is 0 Å². The van der Waals surface area contributed by atoms with Crippen molar-refractivity contribution in [1.29, 1.82) is 0 Å². The molecule has 0 spiro atoms. The SMILES string of the molecule is CCCCCCN(CCCCCC)S(=O)(=O)c1ccc(Cl)c(C)c1. The van der Waals surface area contributed by atoms with Gasteiger partial charge in [0, 0.05) is 18.1 Å². The largest absolute Gasteiger partial charge is 0.243 e. The van der Waals surface area contributed by atoms with Gasteiger partial charge in [0.05, 0.1) is 4.90 Å². The highest BCUT2D eigenvalue weighted by molar-refractivity contribution is 7.89. The number of benzene rings is 1. The molecule has 0 aliphatic heterocycles. The highest BCUT2D eigenvalue weighted by Crippen LogP contribution is 2.23. The molecule has 0 aliphatic carbocycles. The van der Waals surface area contributed by atoms with Crippen molar-refractivity contribution >= 4 is 21.6 Å². The molecule has 0 unspecified atom stereocenters. The third-order valence-electron chi connectivity index (χ3n) is 4.29. The van der Waals surface area contributed by atoms with E-state index in [1.807, 2.05) is 6.92 Å². The molecule has 5 heteroatoms. The van der Waals surface area contributed by atoms with E-state index < -0.39 is 10.0 Å². The molecule has 0 fully saturated rings. The number of rotatable bonds is 12. The Morgan fingerprint density at radius 2 is 1.46 bits per heavy atom. The fourth-order valence-electron chi connectivity index (χ4n) is 2.71. The maximum Gasteiger partial charge on any atom is 0.243 e. The number of nitrogens with zero attached hydrogens (tertiary/aromatic N) is 1. The smallest absolute Gasteiger partial charge is 0.207 e. The Hall–Kier alpha value is -0.580. The lowest BCUT2D eigenvalue weighted by Crippen LogP contribution is -2.33. The molecular weight excluding hydrogens is 342 g/mol. The van der Waals surface area contributed by atoms with Gasteiger partial charge in [0.25, 0.3) is 0 Å². The molecule has 0 radical (unpaired) electrons. The molecule has 0 saturated heterocycles. The van der Waals surface area contributed by atoms with Crippen molar-refractivity contribution < 1.29 is 8.42 Å². The van der Waals surface area contributed by atoms with Crippen LogP contribution in [0.25, 0.3) is 0 Å². The summed E-state index contributed by atoms with van der Waals surface area (Å²) in [6, 6.07) is 4.98. The predicted octanol–water partition coefficient (Wildman–Crippen LogP) is 5.80. The zero-order valence-electron chi connectivity index (χ0n) is 15.4. The minimum atomic E-state index is -3.44. The first-order valence-corrected chi connectivity index (χ1v) is 11.0. The van der Waals surface area contributed by atoms with Crippen LogP contribution in [0.5, 0.6) is 0 Å². The Balaban J connectivity index is 2.85. The molecule has 3 nitrogen and oxygen atoms in total. The average Bonchev–Trinajstić information content (AvgIpc) is 2.55. The second-order valence-electron chi connectivity index (χ2n) is 6.44. The van der Waals surface area contributed by atoms with Gasteiger partial charge < -0.3 is 0 Å². The Morgan fingerprint density at radius 1 is 0.917 bits per heavy atom. The summed E-state index contributed by atoms with van der Waals surface area (Å²) in [5.74, 6) is 0.